The number of anilines is 1. The van der Waals surface area contributed by atoms with Crippen molar-refractivity contribution in [3.8, 4) is 0 Å². The number of rotatable bonds is 6. The second-order valence-corrected chi connectivity index (χ2v) is 10.7. The number of amides is 2. The van der Waals surface area contributed by atoms with Gasteiger partial charge in [-0.05, 0) is 61.6 Å². The van der Waals surface area contributed by atoms with Crippen LogP contribution in [0.5, 0.6) is 0 Å². The van der Waals surface area contributed by atoms with E-state index in [0.29, 0.717) is 31.6 Å². The molecular weight excluding hydrogens is 438 g/mol. The average Bonchev–Trinajstić information content (AvgIpc) is 2.80. The minimum Gasteiger partial charge on any atom is -0.339 e. The molecule has 8 heteroatoms. The van der Waals surface area contributed by atoms with E-state index < -0.39 is 10.0 Å². The highest BCUT2D eigenvalue weighted by molar-refractivity contribution is 7.89. The average molecular weight is 470 g/mol. The first-order valence-corrected chi connectivity index (χ1v) is 12.4. The first kappa shape index (κ1) is 24.7. The lowest BCUT2D eigenvalue weighted by Gasteiger charge is -2.30. The highest BCUT2D eigenvalue weighted by Crippen LogP contribution is 2.27. The van der Waals surface area contributed by atoms with Gasteiger partial charge in [0.1, 0.15) is 0 Å². The summed E-state index contributed by atoms with van der Waals surface area (Å²) in [6.07, 6.45) is 4.48. The van der Waals surface area contributed by atoms with Crippen LogP contribution in [-0.4, -0.2) is 56.6 Å². The van der Waals surface area contributed by atoms with Crippen LogP contribution in [0.25, 0.3) is 6.08 Å². The van der Waals surface area contributed by atoms with E-state index in [0.717, 1.165) is 21.0 Å². The quantitative estimate of drug-likeness (QED) is 0.657. The SMILES string of the molecule is Cc1cc(S(=O)(=O)N(C)C)cc(NC(=O)C2CCN(C(=O)/C=C/c3ccccc3)CC2)c1C. The summed E-state index contributed by atoms with van der Waals surface area (Å²) in [5.41, 5.74) is 3.09. The Hall–Kier alpha value is -2.97. The van der Waals surface area contributed by atoms with Gasteiger partial charge in [-0.2, -0.15) is 0 Å². The number of carbonyl (C=O) groups excluding carboxylic acids is 2. The van der Waals surface area contributed by atoms with Crippen molar-refractivity contribution in [2.24, 2.45) is 5.92 Å². The van der Waals surface area contributed by atoms with Crippen LogP contribution in [0.2, 0.25) is 0 Å². The Balaban J connectivity index is 1.63. The van der Waals surface area contributed by atoms with Crippen LogP contribution in [0.4, 0.5) is 5.69 Å². The Bertz CT molecular complexity index is 1150. The normalized spacial score (nSPS) is 15.2. The molecule has 0 unspecified atom stereocenters. The standard InChI is InChI=1S/C25H31N3O4S/c1-18-16-22(33(31,32)27(3)4)17-23(19(18)2)26-25(30)21-12-14-28(15-13-21)24(29)11-10-20-8-6-5-7-9-20/h5-11,16-17,21H,12-15H2,1-4H3,(H,26,30)/b11-10+. The number of aryl methyl sites for hydroxylation is 1. The van der Waals surface area contributed by atoms with Crippen molar-refractivity contribution in [2.75, 3.05) is 32.5 Å². The van der Waals surface area contributed by atoms with Crippen molar-refractivity contribution in [1.82, 2.24) is 9.21 Å². The minimum absolute atomic E-state index is 0.0641. The molecule has 2 aromatic rings. The van der Waals surface area contributed by atoms with Crippen LogP contribution in [0.15, 0.2) is 53.4 Å². The van der Waals surface area contributed by atoms with Gasteiger partial charge in [-0.25, -0.2) is 12.7 Å². The van der Waals surface area contributed by atoms with Crippen molar-refractivity contribution in [3.05, 3.63) is 65.2 Å². The van der Waals surface area contributed by atoms with E-state index in [-0.39, 0.29) is 22.6 Å². The molecule has 3 rings (SSSR count). The predicted molar refractivity (Wildman–Crippen MR) is 130 cm³/mol. The van der Waals surface area contributed by atoms with E-state index in [4.69, 9.17) is 0 Å². The first-order valence-electron chi connectivity index (χ1n) is 11.0. The smallest absolute Gasteiger partial charge is 0.246 e. The summed E-state index contributed by atoms with van der Waals surface area (Å²) < 4.78 is 26.3. The lowest BCUT2D eigenvalue weighted by atomic mass is 9.95. The van der Waals surface area contributed by atoms with Crippen LogP contribution in [0, 0.1) is 19.8 Å². The number of nitrogens with one attached hydrogen (secondary N) is 1. The largest absolute Gasteiger partial charge is 0.339 e. The zero-order valence-electron chi connectivity index (χ0n) is 19.5. The summed E-state index contributed by atoms with van der Waals surface area (Å²) in [5, 5.41) is 2.92. The van der Waals surface area contributed by atoms with E-state index in [1.54, 1.807) is 23.1 Å². The number of benzene rings is 2. The van der Waals surface area contributed by atoms with Gasteiger partial charge in [-0.3, -0.25) is 9.59 Å². The zero-order valence-corrected chi connectivity index (χ0v) is 20.4. The van der Waals surface area contributed by atoms with Crippen LogP contribution in [0.1, 0.15) is 29.5 Å². The Morgan fingerprint density at radius 1 is 1.06 bits per heavy atom. The molecule has 0 spiro atoms. The fourth-order valence-electron chi connectivity index (χ4n) is 3.75. The topological polar surface area (TPSA) is 86.8 Å². The van der Waals surface area contributed by atoms with Crippen molar-refractivity contribution in [2.45, 2.75) is 31.6 Å². The molecule has 7 nitrogen and oxygen atoms in total. The van der Waals surface area contributed by atoms with Gasteiger partial charge in [0.05, 0.1) is 4.90 Å². The maximum atomic E-state index is 12.9. The Labute approximate surface area is 196 Å². The number of sulfonamides is 1. The summed E-state index contributed by atoms with van der Waals surface area (Å²) in [5.74, 6) is -0.449. The minimum atomic E-state index is -3.61. The van der Waals surface area contributed by atoms with Gasteiger partial charge in [-0.1, -0.05) is 30.3 Å². The second kappa shape index (κ2) is 10.3. The third kappa shape index (κ3) is 5.89. The molecule has 0 aromatic heterocycles. The molecule has 1 fully saturated rings. The molecule has 33 heavy (non-hydrogen) atoms. The highest BCUT2D eigenvalue weighted by Gasteiger charge is 2.27. The number of piperidine rings is 1. The maximum absolute atomic E-state index is 12.9. The Morgan fingerprint density at radius 3 is 2.30 bits per heavy atom. The lowest BCUT2D eigenvalue weighted by Crippen LogP contribution is -2.40. The molecule has 2 amide bonds. The van der Waals surface area contributed by atoms with Crippen LogP contribution >= 0.6 is 0 Å². The van der Waals surface area contributed by atoms with E-state index in [1.807, 2.05) is 44.2 Å². The van der Waals surface area contributed by atoms with Crippen molar-refractivity contribution in [3.63, 3.8) is 0 Å². The zero-order chi connectivity index (χ0) is 24.2. The van der Waals surface area contributed by atoms with Gasteiger partial charge in [0.15, 0.2) is 0 Å². The molecule has 1 N–H and O–H groups in total. The van der Waals surface area contributed by atoms with Crippen molar-refractivity contribution >= 4 is 33.6 Å². The Morgan fingerprint density at radius 2 is 1.70 bits per heavy atom. The van der Waals surface area contributed by atoms with Crippen molar-refractivity contribution < 1.29 is 18.0 Å². The predicted octanol–water partition coefficient (Wildman–Crippen LogP) is 3.44. The molecule has 0 atom stereocenters. The van der Waals surface area contributed by atoms with Gasteiger partial charge in [0.2, 0.25) is 21.8 Å². The molecule has 2 aromatic carbocycles. The van der Waals surface area contributed by atoms with E-state index >= 15 is 0 Å². The molecule has 1 aliphatic rings. The van der Waals surface area contributed by atoms with Crippen LogP contribution < -0.4 is 5.32 Å². The fraction of sp³-hybridized carbons (Fsp3) is 0.360. The molecule has 1 heterocycles. The number of nitrogens with zero attached hydrogens (tertiary/aromatic N) is 2. The third-order valence-corrected chi connectivity index (χ3v) is 7.87. The fourth-order valence-corrected chi connectivity index (χ4v) is 4.76. The van der Waals surface area contributed by atoms with Gasteiger partial charge in [0, 0.05) is 44.9 Å². The first-order chi connectivity index (χ1) is 15.6. The summed E-state index contributed by atoms with van der Waals surface area (Å²) in [7, 11) is -0.652. The monoisotopic (exact) mass is 469 g/mol. The number of hydrogen-bond acceptors (Lipinski definition) is 4. The maximum Gasteiger partial charge on any atom is 0.246 e. The Kier molecular flexibility index (Phi) is 7.71. The lowest BCUT2D eigenvalue weighted by molar-refractivity contribution is -0.130. The number of hydrogen-bond donors (Lipinski definition) is 1. The number of likely N-dealkylation sites (tertiary alicyclic amines) is 1. The summed E-state index contributed by atoms with van der Waals surface area (Å²) in [6, 6.07) is 12.8. The van der Waals surface area contributed by atoms with Gasteiger partial charge < -0.3 is 10.2 Å². The number of carbonyl (C=O) groups is 2. The summed E-state index contributed by atoms with van der Waals surface area (Å²) in [6.45, 7) is 4.69. The molecule has 0 saturated carbocycles. The molecule has 1 saturated heterocycles. The van der Waals surface area contributed by atoms with Gasteiger partial charge in [-0.15, -0.1) is 0 Å². The molecular formula is C25H31N3O4S. The molecule has 0 aliphatic carbocycles. The third-order valence-electron chi connectivity index (χ3n) is 6.07. The molecule has 0 radical (unpaired) electrons. The second-order valence-electron chi connectivity index (χ2n) is 8.53. The molecule has 1 aliphatic heterocycles. The van der Waals surface area contributed by atoms with Gasteiger partial charge >= 0.3 is 0 Å². The van der Waals surface area contributed by atoms with Crippen LogP contribution in [-0.2, 0) is 19.6 Å². The van der Waals surface area contributed by atoms with Crippen LogP contribution in [0.3, 0.4) is 0 Å². The van der Waals surface area contributed by atoms with Crippen molar-refractivity contribution in [1.29, 1.82) is 0 Å². The van der Waals surface area contributed by atoms with E-state index in [9.17, 15) is 18.0 Å². The van der Waals surface area contributed by atoms with E-state index in [1.165, 1.54) is 20.2 Å². The van der Waals surface area contributed by atoms with E-state index in [2.05, 4.69) is 5.32 Å². The highest BCUT2D eigenvalue weighted by atomic mass is 32.2. The summed E-state index contributed by atoms with van der Waals surface area (Å²) >= 11 is 0. The molecule has 0 bridgehead atoms. The van der Waals surface area contributed by atoms with Gasteiger partial charge in [0.25, 0.3) is 0 Å². The molecule has 176 valence electrons. The summed E-state index contributed by atoms with van der Waals surface area (Å²) in [4.78, 5) is 27.3.